The molecule has 8 heteroatoms. The van der Waals surface area contributed by atoms with E-state index in [9.17, 15) is 4.79 Å². The topological polar surface area (TPSA) is 80.3 Å². The first-order valence-electron chi connectivity index (χ1n) is 9.42. The molecule has 144 valence electrons. The van der Waals surface area contributed by atoms with E-state index in [0.717, 1.165) is 25.1 Å². The molecule has 1 aromatic heterocycles. The van der Waals surface area contributed by atoms with Gasteiger partial charge in [0.25, 0.3) is 5.91 Å². The van der Waals surface area contributed by atoms with Gasteiger partial charge in [-0.3, -0.25) is 9.89 Å². The summed E-state index contributed by atoms with van der Waals surface area (Å²) in [5.41, 5.74) is 0.475. The zero-order valence-corrected chi connectivity index (χ0v) is 16.0. The molecule has 0 radical (unpaired) electrons. The quantitative estimate of drug-likeness (QED) is 0.848. The zero-order valence-electron chi connectivity index (χ0n) is 15.3. The lowest BCUT2D eigenvalue weighted by molar-refractivity contribution is -0.0266. The number of nitrogens with zero attached hydrogens (tertiary/aromatic N) is 3. The zero-order chi connectivity index (χ0) is 18.8. The van der Waals surface area contributed by atoms with E-state index in [1.165, 1.54) is 6.42 Å². The van der Waals surface area contributed by atoms with Crippen LogP contribution in [0.4, 0.5) is 0 Å². The van der Waals surface area contributed by atoms with Crippen LogP contribution in [-0.4, -0.2) is 51.8 Å². The third-order valence-corrected chi connectivity index (χ3v) is 5.36. The monoisotopic (exact) mass is 390 g/mol. The summed E-state index contributed by atoms with van der Waals surface area (Å²) in [6, 6.07) is 5.29. The van der Waals surface area contributed by atoms with Gasteiger partial charge in [0.05, 0.1) is 29.8 Å². The molecule has 1 amide bonds. The van der Waals surface area contributed by atoms with Crippen molar-refractivity contribution in [1.29, 1.82) is 0 Å². The second-order valence-electron chi connectivity index (χ2n) is 6.92. The number of H-pyrrole nitrogens is 1. The first-order valence-corrected chi connectivity index (χ1v) is 9.80. The lowest BCUT2D eigenvalue weighted by Crippen LogP contribution is -2.42. The van der Waals surface area contributed by atoms with E-state index in [-0.39, 0.29) is 18.1 Å². The fraction of sp³-hybridized carbons (Fsp3) is 0.526. The third kappa shape index (κ3) is 3.94. The molecule has 7 nitrogen and oxygen atoms in total. The van der Waals surface area contributed by atoms with Gasteiger partial charge in [0.1, 0.15) is 17.7 Å². The van der Waals surface area contributed by atoms with E-state index >= 15 is 0 Å². The summed E-state index contributed by atoms with van der Waals surface area (Å²) in [7, 11) is 0. The number of morpholine rings is 1. The summed E-state index contributed by atoms with van der Waals surface area (Å²) in [6.07, 6.45) is 4.07. The van der Waals surface area contributed by atoms with Crippen molar-refractivity contribution in [3.05, 3.63) is 40.4 Å². The lowest BCUT2D eigenvalue weighted by Gasteiger charge is -2.32. The number of aryl methyl sites for hydroxylation is 1. The molecule has 1 aliphatic carbocycles. The predicted molar refractivity (Wildman–Crippen MR) is 100 cm³/mol. The molecule has 1 saturated carbocycles. The second kappa shape index (κ2) is 7.86. The number of hydrogen-bond acceptors (Lipinski definition) is 5. The van der Waals surface area contributed by atoms with Crippen LogP contribution in [0.2, 0.25) is 5.02 Å². The Morgan fingerprint density at radius 2 is 2.30 bits per heavy atom. The molecule has 2 fully saturated rings. The normalized spacial score (nSPS) is 20.4. The van der Waals surface area contributed by atoms with Crippen molar-refractivity contribution in [3.8, 4) is 5.75 Å². The van der Waals surface area contributed by atoms with E-state index < -0.39 is 0 Å². The van der Waals surface area contributed by atoms with Crippen molar-refractivity contribution in [2.45, 2.75) is 44.8 Å². The number of rotatable bonds is 5. The Hall–Kier alpha value is -2.12. The highest BCUT2D eigenvalue weighted by molar-refractivity contribution is 6.34. The molecule has 0 bridgehead atoms. The summed E-state index contributed by atoms with van der Waals surface area (Å²) in [4.78, 5) is 19.1. The van der Waals surface area contributed by atoms with Gasteiger partial charge < -0.3 is 14.4 Å². The van der Waals surface area contributed by atoms with Crippen LogP contribution in [0.1, 0.15) is 54.3 Å². The Kier molecular flexibility index (Phi) is 5.31. The molecule has 2 aliphatic rings. The number of nitrogens with one attached hydrogen (secondary N) is 1. The number of aromatic nitrogens is 3. The van der Waals surface area contributed by atoms with Gasteiger partial charge in [-0.05, 0) is 37.5 Å². The number of hydrogen-bond donors (Lipinski definition) is 1. The second-order valence-corrected chi connectivity index (χ2v) is 7.32. The van der Waals surface area contributed by atoms with Crippen LogP contribution >= 0.6 is 11.6 Å². The Labute approximate surface area is 163 Å². The molecule has 4 rings (SSSR count). The van der Waals surface area contributed by atoms with E-state index in [1.54, 1.807) is 17.0 Å². The maximum atomic E-state index is 13.0. The van der Waals surface area contributed by atoms with Gasteiger partial charge in [0.15, 0.2) is 5.82 Å². The Bertz CT molecular complexity index is 821. The largest absolute Gasteiger partial charge is 0.490 e. The van der Waals surface area contributed by atoms with E-state index in [0.29, 0.717) is 41.9 Å². The van der Waals surface area contributed by atoms with Gasteiger partial charge in [-0.2, -0.15) is 5.10 Å². The van der Waals surface area contributed by atoms with Gasteiger partial charge in [0.2, 0.25) is 0 Å². The predicted octanol–water partition coefficient (Wildman–Crippen LogP) is 3.17. The number of carbonyl (C=O) groups is 1. The molecule has 1 saturated heterocycles. The number of benzene rings is 1. The minimum atomic E-state index is -0.334. The summed E-state index contributed by atoms with van der Waals surface area (Å²) in [5, 5.41) is 7.50. The van der Waals surface area contributed by atoms with E-state index in [1.807, 2.05) is 13.0 Å². The van der Waals surface area contributed by atoms with Gasteiger partial charge in [-0.1, -0.05) is 18.5 Å². The number of halogens is 1. The van der Waals surface area contributed by atoms with Crippen molar-refractivity contribution in [1.82, 2.24) is 20.1 Å². The van der Waals surface area contributed by atoms with Crippen molar-refractivity contribution >= 4 is 17.5 Å². The molecular weight excluding hydrogens is 368 g/mol. The van der Waals surface area contributed by atoms with Crippen LogP contribution in [0, 0.1) is 0 Å². The van der Waals surface area contributed by atoms with E-state index in [2.05, 4.69) is 15.2 Å². The van der Waals surface area contributed by atoms with Crippen LogP contribution in [0.3, 0.4) is 0 Å². The number of ether oxygens (including phenoxy) is 2. The van der Waals surface area contributed by atoms with Crippen LogP contribution in [0.15, 0.2) is 18.2 Å². The average Bonchev–Trinajstić information content (AvgIpc) is 3.14. The summed E-state index contributed by atoms with van der Waals surface area (Å²) in [6.45, 7) is 3.35. The highest BCUT2D eigenvalue weighted by Gasteiger charge is 2.29. The Morgan fingerprint density at radius 1 is 1.44 bits per heavy atom. The minimum Gasteiger partial charge on any atom is -0.490 e. The number of aromatic amines is 1. The number of amides is 1. The molecule has 1 N–H and O–H groups in total. The summed E-state index contributed by atoms with van der Waals surface area (Å²) >= 11 is 6.38. The molecule has 2 heterocycles. The van der Waals surface area contributed by atoms with Crippen molar-refractivity contribution in [2.75, 3.05) is 19.7 Å². The molecular formula is C19H23ClN4O3. The molecule has 1 atom stereocenters. The van der Waals surface area contributed by atoms with Crippen LogP contribution < -0.4 is 4.74 Å². The average molecular weight is 391 g/mol. The van der Waals surface area contributed by atoms with Gasteiger partial charge in [-0.25, -0.2) is 4.98 Å². The fourth-order valence-electron chi connectivity index (χ4n) is 3.20. The Morgan fingerprint density at radius 3 is 2.96 bits per heavy atom. The van der Waals surface area contributed by atoms with Crippen molar-refractivity contribution in [2.24, 2.45) is 0 Å². The summed E-state index contributed by atoms with van der Waals surface area (Å²) in [5.74, 6) is 1.99. The highest BCUT2D eigenvalue weighted by Crippen LogP contribution is 2.30. The summed E-state index contributed by atoms with van der Waals surface area (Å²) < 4.78 is 11.6. The molecule has 1 aromatic carbocycles. The first-order chi connectivity index (χ1) is 13.1. The van der Waals surface area contributed by atoms with Gasteiger partial charge >= 0.3 is 0 Å². The molecule has 0 unspecified atom stereocenters. The third-order valence-electron chi connectivity index (χ3n) is 5.05. The fourth-order valence-corrected chi connectivity index (χ4v) is 3.45. The van der Waals surface area contributed by atoms with Crippen LogP contribution in [0.5, 0.6) is 5.75 Å². The molecule has 1 aliphatic heterocycles. The maximum absolute atomic E-state index is 13.0. The SMILES string of the molecule is CCc1nc([C@@H]2CN(C(=O)c3ccc(OC4CCC4)cc3Cl)CCO2)n[nH]1. The minimum absolute atomic E-state index is 0.116. The standard InChI is InChI=1S/C19H23ClN4O3/c1-2-17-21-18(23-22-17)16-11-24(8-9-26-16)19(25)14-7-6-13(10-15(14)20)27-12-4-3-5-12/h6-7,10,12,16H,2-5,8-9,11H2,1H3,(H,21,22,23)/t16-/m0/s1. The van der Waals surface area contributed by atoms with Gasteiger partial charge in [-0.15, -0.1) is 0 Å². The first kappa shape index (κ1) is 18.3. The van der Waals surface area contributed by atoms with Crippen LogP contribution in [0.25, 0.3) is 0 Å². The maximum Gasteiger partial charge on any atom is 0.255 e. The lowest BCUT2D eigenvalue weighted by atomic mass is 9.96. The number of carbonyl (C=O) groups excluding carboxylic acids is 1. The Balaban J connectivity index is 1.45. The van der Waals surface area contributed by atoms with Gasteiger partial charge in [0, 0.05) is 13.0 Å². The van der Waals surface area contributed by atoms with Crippen molar-refractivity contribution in [3.63, 3.8) is 0 Å². The molecule has 2 aromatic rings. The molecule has 27 heavy (non-hydrogen) atoms. The van der Waals surface area contributed by atoms with Crippen molar-refractivity contribution < 1.29 is 14.3 Å². The van der Waals surface area contributed by atoms with Crippen LogP contribution in [-0.2, 0) is 11.2 Å². The highest BCUT2D eigenvalue weighted by atomic mass is 35.5. The molecule has 0 spiro atoms. The van der Waals surface area contributed by atoms with E-state index in [4.69, 9.17) is 21.1 Å². The smallest absolute Gasteiger partial charge is 0.255 e.